The molecular weight excluding hydrogens is 276 g/mol. The van der Waals surface area contributed by atoms with Crippen LogP contribution >= 0.6 is 0 Å². The molecule has 0 rings (SSSR count). The minimum absolute atomic E-state index is 0.356. The van der Waals surface area contributed by atoms with Gasteiger partial charge in [0, 0.05) is 19.8 Å². The molecule has 0 aromatic rings. The minimum atomic E-state index is -4.19. The van der Waals surface area contributed by atoms with Crippen molar-refractivity contribution < 1.29 is 26.2 Å². The molecule has 0 fully saturated rings. The first-order chi connectivity index (χ1) is 8.39. The first-order valence-electron chi connectivity index (χ1n) is 6.26. The first kappa shape index (κ1) is 18.0. The smallest absolute Gasteiger partial charge is 0.373 e. The Hall–Kier alpha value is 0.00688. The minimum Gasteiger partial charge on any atom is -0.373 e. The van der Waals surface area contributed by atoms with E-state index in [1.165, 1.54) is 0 Å². The normalized spacial score (nSPS) is 12.9. The SMILES string of the molecule is CCCO[Si](CS(=O)(=O)O)(OCCC)OCCC. The van der Waals surface area contributed by atoms with Crippen LogP contribution in [0, 0.1) is 0 Å². The third-order valence-corrected chi connectivity index (χ3v) is 6.74. The molecule has 0 spiro atoms. The van der Waals surface area contributed by atoms with E-state index in [-0.39, 0.29) is 0 Å². The van der Waals surface area contributed by atoms with E-state index >= 15 is 0 Å². The molecule has 1 N–H and O–H groups in total. The molecule has 0 aromatic heterocycles. The lowest BCUT2D eigenvalue weighted by Gasteiger charge is -2.28. The molecule has 0 atom stereocenters. The first-order valence-corrected chi connectivity index (χ1v) is 9.80. The lowest BCUT2D eigenvalue weighted by Crippen LogP contribution is -2.52. The second-order valence-electron chi connectivity index (χ2n) is 3.95. The molecule has 0 saturated heterocycles. The summed E-state index contributed by atoms with van der Waals surface area (Å²) in [4.78, 5) is 0. The van der Waals surface area contributed by atoms with Crippen LogP contribution in [0.3, 0.4) is 0 Å². The van der Waals surface area contributed by atoms with E-state index in [0.29, 0.717) is 19.8 Å². The van der Waals surface area contributed by atoms with Gasteiger partial charge in [-0.05, 0) is 19.3 Å². The van der Waals surface area contributed by atoms with E-state index in [9.17, 15) is 8.42 Å². The lowest BCUT2D eigenvalue weighted by molar-refractivity contribution is 0.0641. The van der Waals surface area contributed by atoms with Gasteiger partial charge < -0.3 is 13.3 Å². The molecule has 0 aliphatic rings. The second kappa shape index (κ2) is 9.00. The Morgan fingerprint density at radius 3 is 1.44 bits per heavy atom. The molecule has 0 unspecified atom stereocenters. The molecule has 6 nitrogen and oxygen atoms in total. The highest BCUT2D eigenvalue weighted by atomic mass is 32.2. The quantitative estimate of drug-likeness (QED) is 0.461. The van der Waals surface area contributed by atoms with E-state index in [2.05, 4.69) is 0 Å². The number of hydrogen-bond acceptors (Lipinski definition) is 5. The summed E-state index contributed by atoms with van der Waals surface area (Å²) in [7, 11) is -7.52. The van der Waals surface area contributed by atoms with Gasteiger partial charge in [0.25, 0.3) is 10.1 Å². The molecule has 18 heavy (non-hydrogen) atoms. The van der Waals surface area contributed by atoms with Crippen LogP contribution in [0.2, 0.25) is 0 Å². The fourth-order valence-electron chi connectivity index (χ4n) is 1.25. The van der Waals surface area contributed by atoms with Gasteiger partial charge in [0.2, 0.25) is 0 Å². The molecule has 0 amide bonds. The van der Waals surface area contributed by atoms with Gasteiger partial charge in [-0.25, -0.2) is 0 Å². The largest absolute Gasteiger partial charge is 0.519 e. The van der Waals surface area contributed by atoms with Gasteiger partial charge in [0.05, 0.1) is 0 Å². The van der Waals surface area contributed by atoms with Gasteiger partial charge in [-0.2, -0.15) is 8.42 Å². The number of hydrogen-bond donors (Lipinski definition) is 1. The van der Waals surface area contributed by atoms with Gasteiger partial charge >= 0.3 is 8.80 Å². The van der Waals surface area contributed by atoms with Gasteiger partial charge in [0.15, 0.2) is 0 Å². The molecule has 0 aliphatic carbocycles. The van der Waals surface area contributed by atoms with E-state index < -0.39 is 24.3 Å². The monoisotopic (exact) mass is 300 g/mol. The van der Waals surface area contributed by atoms with E-state index in [1.807, 2.05) is 20.8 Å². The van der Waals surface area contributed by atoms with Crippen LogP contribution in [0.25, 0.3) is 0 Å². The summed E-state index contributed by atoms with van der Waals surface area (Å²) >= 11 is 0. The summed E-state index contributed by atoms with van der Waals surface area (Å²) in [6.07, 6.45) is 2.18. The van der Waals surface area contributed by atoms with Crippen molar-refractivity contribution in [1.82, 2.24) is 0 Å². The maximum Gasteiger partial charge on any atom is 0.519 e. The molecule has 0 heterocycles. The predicted octanol–water partition coefficient (Wildman–Crippen LogP) is 1.63. The van der Waals surface area contributed by atoms with E-state index in [0.717, 1.165) is 19.3 Å². The summed E-state index contributed by atoms with van der Waals surface area (Å²) in [6.45, 7) is 6.80. The fraction of sp³-hybridized carbons (Fsp3) is 1.00. The highest BCUT2D eigenvalue weighted by molar-refractivity contribution is 7.87. The zero-order chi connectivity index (χ0) is 14.1. The Balaban J connectivity index is 4.84. The van der Waals surface area contributed by atoms with Crippen molar-refractivity contribution in [2.24, 2.45) is 0 Å². The van der Waals surface area contributed by atoms with Crippen molar-refractivity contribution in [3.8, 4) is 0 Å². The average molecular weight is 300 g/mol. The maximum absolute atomic E-state index is 11.1. The third-order valence-electron chi connectivity index (χ3n) is 1.94. The van der Waals surface area contributed by atoms with Crippen molar-refractivity contribution in [3.05, 3.63) is 0 Å². The Labute approximate surface area is 111 Å². The standard InChI is InChI=1S/C10H24O6SSi/c1-4-7-14-18(15-8-5-2,16-9-6-3)10-17(11,12)13/h4-10H2,1-3H3,(H,11,12,13). The van der Waals surface area contributed by atoms with Crippen LogP contribution in [-0.4, -0.2) is 47.0 Å². The van der Waals surface area contributed by atoms with Crippen molar-refractivity contribution >= 4 is 18.9 Å². The Morgan fingerprint density at radius 1 is 0.889 bits per heavy atom. The average Bonchev–Trinajstić information content (AvgIpc) is 2.29. The van der Waals surface area contributed by atoms with Crippen molar-refractivity contribution in [2.75, 3.05) is 25.2 Å². The Morgan fingerprint density at radius 2 is 1.22 bits per heavy atom. The summed E-state index contributed by atoms with van der Waals surface area (Å²) in [6, 6.07) is 0. The van der Waals surface area contributed by atoms with E-state index in [4.69, 9.17) is 17.8 Å². The van der Waals surface area contributed by atoms with Gasteiger partial charge in [-0.3, -0.25) is 4.55 Å². The Bertz CT molecular complexity index is 284. The maximum atomic E-state index is 11.1. The summed E-state index contributed by atoms with van der Waals surface area (Å²) < 4.78 is 47.7. The molecule has 0 saturated carbocycles. The molecular formula is C10H24O6SSi. The molecule has 110 valence electrons. The van der Waals surface area contributed by atoms with Crippen LogP contribution in [0.5, 0.6) is 0 Å². The van der Waals surface area contributed by atoms with Crippen LogP contribution in [0.15, 0.2) is 0 Å². The zero-order valence-corrected chi connectivity index (χ0v) is 13.2. The van der Waals surface area contributed by atoms with Crippen LogP contribution in [0.4, 0.5) is 0 Å². The number of rotatable bonds is 11. The van der Waals surface area contributed by atoms with Crippen LogP contribution < -0.4 is 0 Å². The summed E-state index contributed by atoms with van der Waals surface area (Å²) in [5, 5.41) is -0.583. The molecule has 0 aromatic carbocycles. The van der Waals surface area contributed by atoms with Gasteiger partial charge in [-0.1, -0.05) is 20.8 Å². The predicted molar refractivity (Wildman–Crippen MR) is 70.9 cm³/mol. The zero-order valence-electron chi connectivity index (χ0n) is 11.3. The fourth-order valence-corrected chi connectivity index (χ4v) is 5.83. The third kappa shape index (κ3) is 8.17. The highest BCUT2D eigenvalue weighted by Crippen LogP contribution is 2.14. The van der Waals surface area contributed by atoms with E-state index in [1.54, 1.807) is 0 Å². The van der Waals surface area contributed by atoms with Crippen molar-refractivity contribution in [1.29, 1.82) is 0 Å². The van der Waals surface area contributed by atoms with Gasteiger partial charge in [-0.15, -0.1) is 0 Å². The van der Waals surface area contributed by atoms with Crippen LogP contribution in [-0.2, 0) is 23.4 Å². The summed E-state index contributed by atoms with van der Waals surface area (Å²) in [5.74, 6) is 0. The van der Waals surface area contributed by atoms with Gasteiger partial charge in [0.1, 0.15) is 5.38 Å². The lowest BCUT2D eigenvalue weighted by atomic mass is 10.5. The molecule has 8 heteroatoms. The summed E-state index contributed by atoms with van der Waals surface area (Å²) in [5.41, 5.74) is 0. The second-order valence-corrected chi connectivity index (χ2v) is 8.51. The highest BCUT2D eigenvalue weighted by Gasteiger charge is 2.45. The topological polar surface area (TPSA) is 82.1 Å². The van der Waals surface area contributed by atoms with Crippen LogP contribution in [0.1, 0.15) is 40.0 Å². The van der Waals surface area contributed by atoms with Crippen molar-refractivity contribution in [2.45, 2.75) is 40.0 Å². The molecule has 0 bridgehead atoms. The Kier molecular flexibility index (Phi) is 9.00. The van der Waals surface area contributed by atoms with Crippen molar-refractivity contribution in [3.63, 3.8) is 0 Å². The molecule has 0 radical (unpaired) electrons. The molecule has 0 aliphatic heterocycles.